The lowest BCUT2D eigenvalue weighted by atomic mass is 9.74. The molecule has 2 rings (SSSR count). The van der Waals surface area contributed by atoms with Gasteiger partial charge in [0.25, 0.3) is 0 Å². The summed E-state index contributed by atoms with van der Waals surface area (Å²) in [5, 5.41) is 3.69. The number of hydrogen-bond donors (Lipinski definition) is 1. The molecule has 0 aromatic heterocycles. The average Bonchev–Trinajstić information content (AvgIpc) is 2.70. The van der Waals surface area contributed by atoms with Crippen molar-refractivity contribution in [3.63, 3.8) is 0 Å². The van der Waals surface area contributed by atoms with Gasteiger partial charge < -0.3 is 15.1 Å². The molecule has 6 heteroatoms. The van der Waals surface area contributed by atoms with Gasteiger partial charge in [-0.05, 0) is 57.5 Å². The summed E-state index contributed by atoms with van der Waals surface area (Å²) < 4.78 is 0. The predicted molar refractivity (Wildman–Crippen MR) is 115 cm³/mol. The fourth-order valence-electron chi connectivity index (χ4n) is 4.05. The highest BCUT2D eigenvalue weighted by Crippen LogP contribution is 2.35. The topological polar surface area (TPSA) is 52.7 Å². The lowest BCUT2D eigenvalue weighted by molar-refractivity contribution is -0.141. The van der Waals surface area contributed by atoms with Crippen LogP contribution in [0.4, 0.5) is 0 Å². The van der Waals surface area contributed by atoms with E-state index in [0.29, 0.717) is 24.7 Å². The highest BCUT2D eigenvalue weighted by molar-refractivity contribution is 6.30. The molecule has 28 heavy (non-hydrogen) atoms. The first-order valence-corrected chi connectivity index (χ1v) is 10.7. The summed E-state index contributed by atoms with van der Waals surface area (Å²) in [5.41, 5.74) is 0.501. The number of carbonyl (C=O) groups is 2. The summed E-state index contributed by atoms with van der Waals surface area (Å²) in [7, 11) is 3.98. The number of halogens is 1. The van der Waals surface area contributed by atoms with Crippen LogP contribution >= 0.6 is 11.6 Å². The third kappa shape index (κ3) is 5.26. The molecule has 0 unspecified atom stereocenters. The molecular weight excluding hydrogens is 374 g/mol. The molecule has 1 aliphatic heterocycles. The number of carbonyl (C=O) groups excluding carboxylic acids is 2. The van der Waals surface area contributed by atoms with Gasteiger partial charge in [0.15, 0.2) is 0 Å². The lowest BCUT2D eigenvalue weighted by Crippen LogP contribution is -2.50. The number of nitrogens with zero attached hydrogens (tertiary/aromatic N) is 2. The molecule has 0 saturated carbocycles. The fourth-order valence-corrected chi connectivity index (χ4v) is 4.17. The molecule has 156 valence electrons. The van der Waals surface area contributed by atoms with Gasteiger partial charge in [0, 0.05) is 37.1 Å². The van der Waals surface area contributed by atoms with Crippen LogP contribution in [-0.4, -0.2) is 61.9 Å². The maximum Gasteiger partial charge on any atom is 0.233 e. The number of likely N-dealkylation sites (N-methyl/N-ethyl adjacent to an activating group) is 1. The van der Waals surface area contributed by atoms with Crippen LogP contribution < -0.4 is 5.32 Å². The zero-order chi connectivity index (χ0) is 20.7. The van der Waals surface area contributed by atoms with Crippen LogP contribution in [0.3, 0.4) is 0 Å². The standard InChI is InChI=1S/C22H34ClN3O2/c1-5-22(6-2,18-7-9-19(23)10-8-18)21(28)26-14-11-17(12-15-26)20(27)24-13-16-25(3)4/h7-10,17H,5-6,11-16H2,1-4H3,(H,24,27). The number of benzene rings is 1. The number of likely N-dealkylation sites (tertiary alicyclic amines) is 1. The summed E-state index contributed by atoms with van der Waals surface area (Å²) in [4.78, 5) is 29.8. The largest absolute Gasteiger partial charge is 0.355 e. The fraction of sp³-hybridized carbons (Fsp3) is 0.636. The molecule has 5 nitrogen and oxygen atoms in total. The number of piperidine rings is 1. The monoisotopic (exact) mass is 407 g/mol. The minimum atomic E-state index is -0.522. The van der Waals surface area contributed by atoms with Crippen molar-refractivity contribution in [2.75, 3.05) is 40.3 Å². The van der Waals surface area contributed by atoms with Crippen molar-refractivity contribution < 1.29 is 9.59 Å². The Kier molecular flexibility index (Phi) is 8.32. The van der Waals surface area contributed by atoms with Crippen LogP contribution in [0, 0.1) is 5.92 Å². The minimum Gasteiger partial charge on any atom is -0.355 e. The first-order chi connectivity index (χ1) is 13.3. The van der Waals surface area contributed by atoms with Crippen molar-refractivity contribution in [2.24, 2.45) is 5.92 Å². The molecule has 0 atom stereocenters. The van der Waals surface area contributed by atoms with E-state index in [4.69, 9.17) is 11.6 Å². The molecule has 1 N–H and O–H groups in total. The van der Waals surface area contributed by atoms with E-state index in [1.807, 2.05) is 48.2 Å². The maximum atomic E-state index is 13.5. The van der Waals surface area contributed by atoms with Gasteiger partial charge in [0.1, 0.15) is 0 Å². The Hall–Kier alpha value is -1.59. The van der Waals surface area contributed by atoms with Crippen molar-refractivity contribution in [2.45, 2.75) is 44.9 Å². The smallest absolute Gasteiger partial charge is 0.233 e. The number of hydrogen-bond acceptors (Lipinski definition) is 3. The van der Waals surface area contributed by atoms with E-state index >= 15 is 0 Å². The Bertz CT molecular complexity index is 648. The minimum absolute atomic E-state index is 0.000558. The number of amides is 2. The molecule has 1 heterocycles. The van der Waals surface area contributed by atoms with Crippen molar-refractivity contribution in [1.29, 1.82) is 0 Å². The van der Waals surface area contributed by atoms with Crippen LogP contribution in [0.1, 0.15) is 45.1 Å². The number of rotatable bonds is 8. The normalized spacial score (nSPS) is 15.7. The maximum absolute atomic E-state index is 13.5. The van der Waals surface area contributed by atoms with Gasteiger partial charge in [-0.1, -0.05) is 37.6 Å². The Morgan fingerprint density at radius 3 is 2.21 bits per heavy atom. The molecule has 0 bridgehead atoms. The second-order valence-corrected chi connectivity index (χ2v) is 8.39. The summed E-state index contributed by atoms with van der Waals surface area (Å²) in [6.45, 7) is 6.91. The third-order valence-corrected chi connectivity index (χ3v) is 6.28. The molecule has 0 spiro atoms. The van der Waals surface area contributed by atoms with Crippen molar-refractivity contribution in [3.8, 4) is 0 Å². The summed E-state index contributed by atoms with van der Waals surface area (Å²) in [5.74, 6) is 0.287. The highest BCUT2D eigenvalue weighted by atomic mass is 35.5. The molecule has 2 amide bonds. The predicted octanol–water partition coefficient (Wildman–Crippen LogP) is 3.31. The lowest BCUT2D eigenvalue weighted by Gasteiger charge is -2.39. The Balaban J connectivity index is 2.00. The van der Waals surface area contributed by atoms with Gasteiger partial charge in [-0.15, -0.1) is 0 Å². The molecule has 0 aliphatic carbocycles. The molecular formula is C22H34ClN3O2. The highest BCUT2D eigenvalue weighted by Gasteiger charge is 2.41. The van der Waals surface area contributed by atoms with Gasteiger partial charge in [-0.3, -0.25) is 9.59 Å². The number of nitrogens with one attached hydrogen (secondary N) is 1. The van der Waals surface area contributed by atoms with E-state index in [9.17, 15) is 9.59 Å². The van der Waals surface area contributed by atoms with Crippen LogP contribution in [0.2, 0.25) is 5.02 Å². The van der Waals surface area contributed by atoms with Gasteiger partial charge in [0.2, 0.25) is 11.8 Å². The molecule has 1 saturated heterocycles. The van der Waals surface area contributed by atoms with Crippen LogP contribution in [0.15, 0.2) is 24.3 Å². The summed E-state index contributed by atoms with van der Waals surface area (Å²) >= 11 is 6.04. The Morgan fingerprint density at radius 1 is 1.14 bits per heavy atom. The van der Waals surface area contributed by atoms with E-state index < -0.39 is 5.41 Å². The van der Waals surface area contributed by atoms with Crippen molar-refractivity contribution in [1.82, 2.24) is 15.1 Å². The summed E-state index contributed by atoms with van der Waals surface area (Å²) in [6.07, 6.45) is 2.94. The Labute approximate surface area is 174 Å². The first kappa shape index (κ1) is 22.7. The molecule has 1 aromatic rings. The van der Waals surface area contributed by atoms with Crippen LogP contribution in [-0.2, 0) is 15.0 Å². The third-order valence-electron chi connectivity index (χ3n) is 6.02. The summed E-state index contributed by atoms with van der Waals surface area (Å²) in [6, 6.07) is 7.65. The van der Waals surface area contributed by atoms with Gasteiger partial charge >= 0.3 is 0 Å². The average molecular weight is 408 g/mol. The van der Waals surface area contributed by atoms with Gasteiger partial charge in [0.05, 0.1) is 5.41 Å². The second kappa shape index (κ2) is 10.3. The molecule has 1 aromatic carbocycles. The first-order valence-electron chi connectivity index (χ1n) is 10.3. The van der Waals surface area contributed by atoms with Crippen molar-refractivity contribution >= 4 is 23.4 Å². The van der Waals surface area contributed by atoms with Gasteiger partial charge in [-0.2, -0.15) is 0 Å². The quantitative estimate of drug-likeness (QED) is 0.719. The van der Waals surface area contributed by atoms with E-state index in [1.54, 1.807) is 0 Å². The molecule has 0 radical (unpaired) electrons. The zero-order valence-corrected chi connectivity index (χ0v) is 18.4. The van der Waals surface area contributed by atoms with E-state index in [-0.39, 0.29) is 17.7 Å². The van der Waals surface area contributed by atoms with Crippen molar-refractivity contribution in [3.05, 3.63) is 34.9 Å². The van der Waals surface area contributed by atoms with E-state index in [1.165, 1.54) is 0 Å². The van der Waals surface area contributed by atoms with E-state index in [0.717, 1.165) is 37.8 Å². The van der Waals surface area contributed by atoms with E-state index in [2.05, 4.69) is 19.2 Å². The van der Waals surface area contributed by atoms with Crippen LogP contribution in [0.25, 0.3) is 0 Å². The second-order valence-electron chi connectivity index (χ2n) is 7.96. The van der Waals surface area contributed by atoms with Gasteiger partial charge in [-0.25, -0.2) is 0 Å². The zero-order valence-electron chi connectivity index (χ0n) is 17.6. The SMILES string of the molecule is CCC(CC)(C(=O)N1CCC(C(=O)NCCN(C)C)CC1)c1ccc(Cl)cc1. The Morgan fingerprint density at radius 2 is 1.71 bits per heavy atom. The molecule has 1 aliphatic rings. The van der Waals surface area contributed by atoms with Crippen LogP contribution in [0.5, 0.6) is 0 Å². The molecule has 1 fully saturated rings.